The zero-order valence-electron chi connectivity index (χ0n) is 6.58. The average molecular weight is 154 g/mol. The number of aliphatic imine (C=N–C) groups is 1. The number of hydrogen-bond donors (Lipinski definition) is 2. The van der Waals surface area contributed by atoms with Crippen molar-refractivity contribution < 1.29 is 0 Å². The number of fused-ring (bicyclic) bond motifs is 1. The molecule has 1 saturated heterocycles. The van der Waals surface area contributed by atoms with Gasteiger partial charge in [-0.2, -0.15) is 0 Å². The fourth-order valence-corrected chi connectivity index (χ4v) is 1.72. The van der Waals surface area contributed by atoms with E-state index in [9.17, 15) is 0 Å². The van der Waals surface area contributed by atoms with Crippen LogP contribution >= 0.6 is 0 Å². The van der Waals surface area contributed by atoms with E-state index in [4.69, 9.17) is 5.73 Å². The molecule has 3 N–H and O–H groups in total. The molecule has 0 aromatic heterocycles. The van der Waals surface area contributed by atoms with Gasteiger partial charge in [0.1, 0.15) is 0 Å². The van der Waals surface area contributed by atoms with Crippen LogP contribution in [0, 0.1) is 0 Å². The SMILES string of the molecule is NCC1CCN=C2NCCN21. The monoisotopic (exact) mass is 154 g/mol. The van der Waals surface area contributed by atoms with Crippen LogP contribution in [0.5, 0.6) is 0 Å². The third kappa shape index (κ3) is 1.07. The highest BCUT2D eigenvalue weighted by atomic mass is 15.4. The maximum atomic E-state index is 5.63. The van der Waals surface area contributed by atoms with Crippen LogP contribution in [0.4, 0.5) is 0 Å². The minimum absolute atomic E-state index is 0.525. The lowest BCUT2D eigenvalue weighted by Gasteiger charge is -2.30. The smallest absolute Gasteiger partial charge is 0.194 e. The third-order valence-electron chi connectivity index (χ3n) is 2.34. The van der Waals surface area contributed by atoms with Gasteiger partial charge >= 0.3 is 0 Å². The maximum absolute atomic E-state index is 5.63. The van der Waals surface area contributed by atoms with Crippen molar-refractivity contribution >= 4 is 5.96 Å². The lowest BCUT2D eigenvalue weighted by molar-refractivity contribution is 0.314. The predicted octanol–water partition coefficient (Wildman–Crippen LogP) is -1.02. The fourth-order valence-electron chi connectivity index (χ4n) is 1.72. The molecule has 2 heterocycles. The summed E-state index contributed by atoms with van der Waals surface area (Å²) in [7, 11) is 0. The quantitative estimate of drug-likeness (QED) is 0.508. The molecule has 1 fully saturated rings. The Hall–Kier alpha value is -0.770. The van der Waals surface area contributed by atoms with Crippen molar-refractivity contribution in [2.45, 2.75) is 12.5 Å². The van der Waals surface area contributed by atoms with E-state index >= 15 is 0 Å². The van der Waals surface area contributed by atoms with Gasteiger partial charge in [0.05, 0.1) is 0 Å². The second kappa shape index (κ2) is 2.70. The molecule has 62 valence electrons. The van der Waals surface area contributed by atoms with E-state index in [2.05, 4.69) is 15.2 Å². The predicted molar refractivity (Wildman–Crippen MR) is 44.5 cm³/mol. The zero-order valence-corrected chi connectivity index (χ0v) is 6.58. The summed E-state index contributed by atoms with van der Waals surface area (Å²) in [4.78, 5) is 6.65. The maximum Gasteiger partial charge on any atom is 0.194 e. The second-order valence-electron chi connectivity index (χ2n) is 3.00. The van der Waals surface area contributed by atoms with Gasteiger partial charge < -0.3 is 16.0 Å². The van der Waals surface area contributed by atoms with E-state index in [1.807, 2.05) is 0 Å². The molecule has 2 rings (SSSR count). The first-order chi connectivity index (χ1) is 5.42. The van der Waals surface area contributed by atoms with Gasteiger partial charge in [0, 0.05) is 32.2 Å². The van der Waals surface area contributed by atoms with E-state index in [0.29, 0.717) is 6.04 Å². The van der Waals surface area contributed by atoms with Crippen molar-refractivity contribution in [3.05, 3.63) is 0 Å². The summed E-state index contributed by atoms with van der Waals surface area (Å²) >= 11 is 0. The molecule has 2 aliphatic heterocycles. The number of nitrogens with zero attached hydrogens (tertiary/aromatic N) is 2. The summed E-state index contributed by atoms with van der Waals surface area (Å²) in [5.41, 5.74) is 5.63. The largest absolute Gasteiger partial charge is 0.354 e. The normalized spacial score (nSPS) is 29.4. The standard InChI is InChI=1S/C7H14N4/c8-5-6-1-2-9-7-10-3-4-11(6)7/h6H,1-5,8H2,(H,9,10). The molecule has 11 heavy (non-hydrogen) atoms. The molecule has 1 atom stereocenters. The lowest BCUT2D eigenvalue weighted by Crippen LogP contribution is -2.46. The first kappa shape index (κ1) is 6.91. The van der Waals surface area contributed by atoms with Gasteiger partial charge in [0.25, 0.3) is 0 Å². The molecule has 0 radical (unpaired) electrons. The lowest BCUT2D eigenvalue weighted by atomic mass is 10.1. The van der Waals surface area contributed by atoms with Gasteiger partial charge in [-0.05, 0) is 6.42 Å². The number of guanidine groups is 1. The topological polar surface area (TPSA) is 53.6 Å². The Morgan fingerprint density at radius 3 is 3.45 bits per heavy atom. The molecule has 0 aliphatic carbocycles. The first-order valence-electron chi connectivity index (χ1n) is 4.17. The van der Waals surface area contributed by atoms with E-state index < -0.39 is 0 Å². The Morgan fingerprint density at radius 2 is 2.64 bits per heavy atom. The Labute approximate surface area is 66.5 Å². The molecule has 0 bridgehead atoms. The summed E-state index contributed by atoms with van der Waals surface area (Å²) in [5, 5.41) is 3.24. The zero-order chi connectivity index (χ0) is 7.68. The first-order valence-corrected chi connectivity index (χ1v) is 4.17. The molecule has 0 aromatic carbocycles. The summed E-state index contributed by atoms with van der Waals surface area (Å²) < 4.78 is 0. The summed E-state index contributed by atoms with van der Waals surface area (Å²) in [5.74, 6) is 1.06. The number of hydrogen-bond acceptors (Lipinski definition) is 4. The summed E-state index contributed by atoms with van der Waals surface area (Å²) in [6, 6.07) is 0.525. The molecular weight excluding hydrogens is 140 g/mol. The number of nitrogens with one attached hydrogen (secondary N) is 1. The van der Waals surface area contributed by atoms with Gasteiger partial charge in [-0.3, -0.25) is 4.99 Å². The van der Waals surface area contributed by atoms with Crippen molar-refractivity contribution in [1.29, 1.82) is 0 Å². The van der Waals surface area contributed by atoms with Crippen molar-refractivity contribution in [2.24, 2.45) is 10.7 Å². The Morgan fingerprint density at radius 1 is 1.73 bits per heavy atom. The van der Waals surface area contributed by atoms with Crippen LogP contribution in [0.25, 0.3) is 0 Å². The van der Waals surface area contributed by atoms with Crippen LogP contribution in [0.1, 0.15) is 6.42 Å². The second-order valence-corrected chi connectivity index (χ2v) is 3.00. The van der Waals surface area contributed by atoms with Gasteiger partial charge in [-0.1, -0.05) is 0 Å². The number of rotatable bonds is 1. The third-order valence-corrected chi connectivity index (χ3v) is 2.34. The van der Waals surface area contributed by atoms with E-state index in [0.717, 1.165) is 38.6 Å². The molecule has 0 amide bonds. The fraction of sp³-hybridized carbons (Fsp3) is 0.857. The van der Waals surface area contributed by atoms with Crippen molar-refractivity contribution in [3.63, 3.8) is 0 Å². The minimum Gasteiger partial charge on any atom is -0.354 e. The van der Waals surface area contributed by atoms with Crippen molar-refractivity contribution in [1.82, 2.24) is 10.2 Å². The van der Waals surface area contributed by atoms with Crippen LogP contribution in [0.15, 0.2) is 4.99 Å². The molecule has 2 aliphatic rings. The van der Waals surface area contributed by atoms with Crippen molar-refractivity contribution in [2.75, 3.05) is 26.2 Å². The van der Waals surface area contributed by atoms with E-state index in [1.54, 1.807) is 0 Å². The van der Waals surface area contributed by atoms with E-state index in [1.165, 1.54) is 0 Å². The molecule has 4 heteroatoms. The Balaban J connectivity index is 2.12. The van der Waals surface area contributed by atoms with Crippen molar-refractivity contribution in [3.8, 4) is 0 Å². The molecule has 0 spiro atoms. The molecule has 0 aromatic rings. The van der Waals surface area contributed by atoms with Crippen LogP contribution in [-0.2, 0) is 0 Å². The van der Waals surface area contributed by atoms with Gasteiger partial charge in [-0.25, -0.2) is 0 Å². The van der Waals surface area contributed by atoms with Gasteiger partial charge in [-0.15, -0.1) is 0 Å². The summed E-state index contributed by atoms with van der Waals surface area (Å²) in [6.45, 7) is 3.78. The van der Waals surface area contributed by atoms with Crippen LogP contribution in [0.2, 0.25) is 0 Å². The van der Waals surface area contributed by atoms with Crippen LogP contribution in [0.3, 0.4) is 0 Å². The summed E-state index contributed by atoms with van der Waals surface area (Å²) in [6.07, 6.45) is 1.11. The van der Waals surface area contributed by atoms with Gasteiger partial charge in [0.15, 0.2) is 5.96 Å². The van der Waals surface area contributed by atoms with Crippen LogP contribution in [-0.4, -0.2) is 43.1 Å². The molecule has 1 unspecified atom stereocenters. The van der Waals surface area contributed by atoms with Gasteiger partial charge in [0.2, 0.25) is 0 Å². The Kier molecular flexibility index (Phi) is 1.69. The Bertz CT molecular complexity index is 177. The molecule has 4 nitrogen and oxygen atoms in total. The highest BCUT2D eigenvalue weighted by Gasteiger charge is 2.27. The average Bonchev–Trinajstić information content (AvgIpc) is 2.50. The minimum atomic E-state index is 0.525. The molecular formula is C7H14N4. The highest BCUT2D eigenvalue weighted by molar-refractivity contribution is 5.82. The molecule has 0 saturated carbocycles. The van der Waals surface area contributed by atoms with Crippen LogP contribution < -0.4 is 11.1 Å². The van der Waals surface area contributed by atoms with E-state index in [-0.39, 0.29) is 0 Å². The highest BCUT2D eigenvalue weighted by Crippen LogP contribution is 2.12. The number of nitrogens with two attached hydrogens (primary N) is 1.